The van der Waals surface area contributed by atoms with E-state index >= 15 is 0 Å². The zero-order valence-corrected chi connectivity index (χ0v) is 17.1. The van der Waals surface area contributed by atoms with E-state index < -0.39 is 0 Å². The summed E-state index contributed by atoms with van der Waals surface area (Å²) in [5, 5.41) is 0. The molecule has 3 heterocycles. The van der Waals surface area contributed by atoms with E-state index in [2.05, 4.69) is 57.2 Å². The van der Waals surface area contributed by atoms with Gasteiger partial charge in [-0.05, 0) is 50.0 Å². The molecule has 3 aliphatic heterocycles. The minimum atomic E-state index is 0.343. The fourth-order valence-electron chi connectivity index (χ4n) is 4.93. The highest BCUT2D eigenvalue weighted by Gasteiger charge is 2.27. The van der Waals surface area contributed by atoms with Crippen LogP contribution in [0, 0.1) is 0 Å². The van der Waals surface area contributed by atoms with Gasteiger partial charge in [-0.3, -0.25) is 9.80 Å². The summed E-state index contributed by atoms with van der Waals surface area (Å²) in [7, 11) is 0. The standard InChI is InChI=1S/C24H31N3O2/c1-2-5-20(6-3-1)18-25-13-9-21(10-14-25)26-11-4-12-27(16-15-26)22-7-8-23-24(17-22)29-19-28-23/h1-3,5-8,17,21H,4,9-16,18-19H2. The Morgan fingerprint density at radius 2 is 1.62 bits per heavy atom. The maximum atomic E-state index is 5.57. The van der Waals surface area contributed by atoms with Crippen LogP contribution < -0.4 is 14.4 Å². The summed E-state index contributed by atoms with van der Waals surface area (Å²) in [6, 6.07) is 18.0. The van der Waals surface area contributed by atoms with Gasteiger partial charge in [-0.1, -0.05) is 30.3 Å². The maximum absolute atomic E-state index is 5.57. The van der Waals surface area contributed by atoms with Crippen LogP contribution >= 0.6 is 0 Å². The number of piperidine rings is 1. The van der Waals surface area contributed by atoms with Gasteiger partial charge in [0, 0.05) is 50.5 Å². The lowest BCUT2D eigenvalue weighted by Crippen LogP contribution is -2.45. The van der Waals surface area contributed by atoms with Crippen molar-refractivity contribution in [2.45, 2.75) is 31.8 Å². The van der Waals surface area contributed by atoms with Crippen molar-refractivity contribution in [1.82, 2.24) is 9.80 Å². The fourth-order valence-corrected chi connectivity index (χ4v) is 4.93. The largest absolute Gasteiger partial charge is 0.454 e. The fraction of sp³-hybridized carbons (Fsp3) is 0.500. The molecule has 0 aromatic heterocycles. The number of nitrogens with zero attached hydrogens (tertiary/aromatic N) is 3. The summed E-state index contributed by atoms with van der Waals surface area (Å²) in [6.45, 7) is 8.42. The molecule has 0 unspecified atom stereocenters. The Balaban J connectivity index is 1.14. The first kappa shape index (κ1) is 18.8. The summed E-state index contributed by atoms with van der Waals surface area (Å²) in [6.07, 6.45) is 3.80. The van der Waals surface area contributed by atoms with E-state index in [0.717, 1.165) is 43.7 Å². The zero-order valence-electron chi connectivity index (χ0n) is 17.1. The van der Waals surface area contributed by atoms with E-state index in [1.807, 2.05) is 6.07 Å². The van der Waals surface area contributed by atoms with Crippen LogP contribution in [0.5, 0.6) is 11.5 Å². The van der Waals surface area contributed by atoms with Crippen molar-refractivity contribution in [3.63, 3.8) is 0 Å². The molecule has 2 aromatic rings. The van der Waals surface area contributed by atoms with Crippen LogP contribution in [0.1, 0.15) is 24.8 Å². The van der Waals surface area contributed by atoms with Crippen molar-refractivity contribution in [1.29, 1.82) is 0 Å². The van der Waals surface area contributed by atoms with Crippen LogP contribution in [0.2, 0.25) is 0 Å². The molecule has 2 aromatic carbocycles. The number of fused-ring (bicyclic) bond motifs is 1. The third-order valence-corrected chi connectivity index (χ3v) is 6.57. The van der Waals surface area contributed by atoms with Crippen molar-refractivity contribution in [2.75, 3.05) is 51.0 Å². The van der Waals surface area contributed by atoms with Gasteiger partial charge in [0.1, 0.15) is 0 Å². The second-order valence-corrected chi connectivity index (χ2v) is 8.41. The molecule has 0 N–H and O–H groups in total. The molecule has 0 spiro atoms. The maximum Gasteiger partial charge on any atom is 0.231 e. The zero-order chi connectivity index (χ0) is 19.5. The van der Waals surface area contributed by atoms with Gasteiger partial charge in [0.15, 0.2) is 11.5 Å². The smallest absolute Gasteiger partial charge is 0.231 e. The van der Waals surface area contributed by atoms with E-state index in [1.54, 1.807) is 0 Å². The predicted molar refractivity (Wildman–Crippen MR) is 116 cm³/mol. The normalized spacial score (nSPS) is 21.3. The van der Waals surface area contributed by atoms with Crippen LogP contribution in [-0.2, 0) is 6.54 Å². The molecule has 0 radical (unpaired) electrons. The quantitative estimate of drug-likeness (QED) is 0.792. The third-order valence-electron chi connectivity index (χ3n) is 6.57. The lowest BCUT2D eigenvalue weighted by molar-refractivity contribution is 0.110. The monoisotopic (exact) mass is 393 g/mol. The van der Waals surface area contributed by atoms with Crippen molar-refractivity contribution in [3.05, 3.63) is 54.1 Å². The molecule has 5 heteroatoms. The summed E-state index contributed by atoms with van der Waals surface area (Å²) >= 11 is 0. The first-order valence-electron chi connectivity index (χ1n) is 11.0. The number of rotatable bonds is 4. The molecule has 2 fully saturated rings. The van der Waals surface area contributed by atoms with E-state index in [-0.39, 0.29) is 0 Å². The molecular formula is C24H31N3O2. The van der Waals surface area contributed by atoms with Gasteiger partial charge in [0.25, 0.3) is 0 Å². The molecule has 3 aliphatic rings. The minimum absolute atomic E-state index is 0.343. The highest BCUT2D eigenvalue weighted by Crippen LogP contribution is 2.35. The summed E-state index contributed by atoms with van der Waals surface area (Å²) < 4.78 is 11.0. The van der Waals surface area contributed by atoms with Gasteiger partial charge in [0.2, 0.25) is 6.79 Å². The predicted octanol–water partition coefficient (Wildman–Crippen LogP) is 3.59. The average Bonchev–Trinajstić information content (AvgIpc) is 3.10. The van der Waals surface area contributed by atoms with Crippen molar-refractivity contribution < 1.29 is 9.47 Å². The number of ether oxygens (including phenoxy) is 2. The number of likely N-dealkylation sites (tertiary alicyclic amines) is 1. The number of anilines is 1. The van der Waals surface area contributed by atoms with Crippen molar-refractivity contribution in [3.8, 4) is 11.5 Å². The van der Waals surface area contributed by atoms with E-state index in [9.17, 15) is 0 Å². The minimum Gasteiger partial charge on any atom is -0.454 e. The van der Waals surface area contributed by atoms with Crippen LogP contribution in [0.4, 0.5) is 5.69 Å². The Kier molecular flexibility index (Phi) is 5.59. The first-order chi connectivity index (χ1) is 14.3. The second kappa shape index (κ2) is 8.64. The summed E-state index contributed by atoms with van der Waals surface area (Å²) in [5.41, 5.74) is 2.69. The van der Waals surface area contributed by atoms with Gasteiger partial charge >= 0.3 is 0 Å². The molecule has 154 valence electrons. The SMILES string of the molecule is c1ccc(CN2CCC(N3CCCN(c4ccc5c(c4)OCO5)CC3)CC2)cc1. The number of benzene rings is 2. The highest BCUT2D eigenvalue weighted by molar-refractivity contribution is 5.57. The van der Waals surface area contributed by atoms with Gasteiger partial charge < -0.3 is 14.4 Å². The summed E-state index contributed by atoms with van der Waals surface area (Å²) in [4.78, 5) is 7.86. The Morgan fingerprint density at radius 1 is 0.793 bits per heavy atom. The number of hydrogen-bond acceptors (Lipinski definition) is 5. The lowest BCUT2D eigenvalue weighted by atomic mass is 10.0. The van der Waals surface area contributed by atoms with Gasteiger partial charge in [-0.25, -0.2) is 0 Å². The first-order valence-corrected chi connectivity index (χ1v) is 11.0. The molecule has 0 amide bonds. The summed E-state index contributed by atoms with van der Waals surface area (Å²) in [5.74, 6) is 1.75. The number of hydrogen-bond donors (Lipinski definition) is 0. The third kappa shape index (κ3) is 4.36. The van der Waals surface area contributed by atoms with Crippen molar-refractivity contribution >= 4 is 5.69 Å². The lowest BCUT2D eigenvalue weighted by Gasteiger charge is -2.38. The molecule has 29 heavy (non-hydrogen) atoms. The Morgan fingerprint density at radius 3 is 2.48 bits per heavy atom. The Hall–Kier alpha value is -2.24. The molecule has 0 saturated carbocycles. The molecule has 0 bridgehead atoms. The molecule has 5 rings (SSSR count). The van der Waals surface area contributed by atoms with Crippen LogP contribution in [-0.4, -0.2) is 61.9 Å². The van der Waals surface area contributed by atoms with Gasteiger partial charge in [-0.15, -0.1) is 0 Å². The second-order valence-electron chi connectivity index (χ2n) is 8.41. The van der Waals surface area contributed by atoms with E-state index in [0.29, 0.717) is 6.79 Å². The molecular weight excluding hydrogens is 362 g/mol. The Bertz CT molecular complexity index is 805. The molecule has 0 aliphatic carbocycles. The van der Waals surface area contributed by atoms with Crippen LogP contribution in [0.25, 0.3) is 0 Å². The Labute approximate surface area is 173 Å². The topological polar surface area (TPSA) is 28.2 Å². The van der Waals surface area contributed by atoms with Crippen LogP contribution in [0.3, 0.4) is 0 Å². The highest BCUT2D eigenvalue weighted by atomic mass is 16.7. The molecule has 5 nitrogen and oxygen atoms in total. The molecule has 2 saturated heterocycles. The van der Waals surface area contributed by atoms with Crippen LogP contribution in [0.15, 0.2) is 48.5 Å². The van der Waals surface area contributed by atoms with Gasteiger partial charge in [0.05, 0.1) is 0 Å². The molecule has 0 atom stereocenters. The van der Waals surface area contributed by atoms with Crippen molar-refractivity contribution in [2.24, 2.45) is 0 Å². The average molecular weight is 394 g/mol. The van der Waals surface area contributed by atoms with Gasteiger partial charge in [-0.2, -0.15) is 0 Å². The van der Waals surface area contributed by atoms with E-state index in [1.165, 1.54) is 50.1 Å². The van der Waals surface area contributed by atoms with E-state index in [4.69, 9.17) is 9.47 Å².